The van der Waals surface area contributed by atoms with Gasteiger partial charge in [-0.25, -0.2) is 13.1 Å². The second kappa shape index (κ2) is 9.81. The number of rotatable bonds is 9. The Hall–Kier alpha value is -2.79. The van der Waals surface area contributed by atoms with E-state index in [2.05, 4.69) is 5.32 Å². The molecule has 2 N–H and O–H groups in total. The van der Waals surface area contributed by atoms with Crippen molar-refractivity contribution < 1.29 is 35.9 Å². The Morgan fingerprint density at radius 2 is 1.70 bits per heavy atom. The van der Waals surface area contributed by atoms with Crippen LogP contribution in [-0.4, -0.2) is 41.3 Å². The second-order valence-corrected chi connectivity index (χ2v) is 7.96. The number of methoxy groups -OCH3 is 2. The average molecular weight is 446 g/mol. The minimum Gasteiger partial charge on any atom is -0.497 e. The van der Waals surface area contributed by atoms with Crippen molar-refractivity contribution in [2.75, 3.05) is 26.1 Å². The van der Waals surface area contributed by atoms with E-state index in [0.29, 0.717) is 23.6 Å². The standard InChI is InChI=1S/C19H21F3N2O5S/c1-28-15-6-9-17(29-2)13(11-15)3-10-18(25)24-14-4-7-16(8-5-14)30(26,27)23-12-19(20,21)22/h4-9,11,23H,3,10,12H2,1-2H3,(H,24,25). The van der Waals surface area contributed by atoms with Crippen molar-refractivity contribution in [3.05, 3.63) is 48.0 Å². The number of carbonyl (C=O) groups excluding carboxylic acids is 1. The molecule has 2 aromatic rings. The third-order valence-electron chi connectivity index (χ3n) is 4.02. The van der Waals surface area contributed by atoms with Crippen molar-refractivity contribution >= 4 is 21.6 Å². The highest BCUT2D eigenvalue weighted by Crippen LogP contribution is 2.25. The lowest BCUT2D eigenvalue weighted by atomic mass is 10.1. The van der Waals surface area contributed by atoms with Crippen LogP contribution in [0.25, 0.3) is 0 Å². The van der Waals surface area contributed by atoms with Gasteiger partial charge in [0, 0.05) is 12.1 Å². The van der Waals surface area contributed by atoms with E-state index in [1.165, 1.54) is 31.1 Å². The van der Waals surface area contributed by atoms with Crippen molar-refractivity contribution in [2.45, 2.75) is 23.9 Å². The molecule has 0 aliphatic rings. The van der Waals surface area contributed by atoms with Gasteiger partial charge in [0.05, 0.1) is 19.1 Å². The summed E-state index contributed by atoms with van der Waals surface area (Å²) in [6.45, 7) is -1.67. The molecule has 0 fully saturated rings. The summed E-state index contributed by atoms with van der Waals surface area (Å²) in [5.74, 6) is 0.914. The van der Waals surface area contributed by atoms with Gasteiger partial charge in [-0.05, 0) is 54.4 Å². The lowest BCUT2D eigenvalue weighted by molar-refractivity contribution is -0.121. The number of ether oxygens (including phenoxy) is 2. The quantitative estimate of drug-likeness (QED) is 0.617. The first-order chi connectivity index (χ1) is 14.0. The van der Waals surface area contributed by atoms with E-state index in [4.69, 9.17) is 9.47 Å². The first kappa shape index (κ1) is 23.5. The van der Waals surface area contributed by atoms with Gasteiger partial charge in [0.2, 0.25) is 15.9 Å². The normalized spacial score (nSPS) is 11.8. The third-order valence-corrected chi connectivity index (χ3v) is 5.44. The highest BCUT2D eigenvalue weighted by molar-refractivity contribution is 7.89. The van der Waals surface area contributed by atoms with Gasteiger partial charge in [-0.1, -0.05) is 0 Å². The number of amides is 1. The maximum absolute atomic E-state index is 12.2. The van der Waals surface area contributed by atoms with Gasteiger partial charge in [-0.15, -0.1) is 0 Å². The first-order valence-corrected chi connectivity index (χ1v) is 10.2. The Morgan fingerprint density at radius 1 is 1.03 bits per heavy atom. The number of anilines is 1. The number of nitrogens with one attached hydrogen (secondary N) is 2. The fraction of sp³-hybridized carbons (Fsp3) is 0.316. The molecule has 7 nitrogen and oxygen atoms in total. The molecule has 0 radical (unpaired) electrons. The molecular weight excluding hydrogens is 425 g/mol. The van der Waals surface area contributed by atoms with Crippen LogP contribution in [0.2, 0.25) is 0 Å². The predicted molar refractivity (Wildman–Crippen MR) is 104 cm³/mol. The molecule has 0 unspecified atom stereocenters. The largest absolute Gasteiger partial charge is 0.497 e. The molecule has 0 spiro atoms. The van der Waals surface area contributed by atoms with E-state index in [-0.39, 0.29) is 17.2 Å². The van der Waals surface area contributed by atoms with Gasteiger partial charge in [-0.3, -0.25) is 4.79 Å². The molecule has 0 atom stereocenters. The summed E-state index contributed by atoms with van der Waals surface area (Å²) in [4.78, 5) is 11.9. The predicted octanol–water partition coefficient (Wildman–Crippen LogP) is 3.12. The van der Waals surface area contributed by atoms with Crippen LogP contribution in [0, 0.1) is 0 Å². The lowest BCUT2D eigenvalue weighted by Gasteiger charge is -2.11. The van der Waals surface area contributed by atoms with Crippen LogP contribution >= 0.6 is 0 Å². The number of hydrogen-bond acceptors (Lipinski definition) is 5. The highest BCUT2D eigenvalue weighted by Gasteiger charge is 2.30. The van der Waals surface area contributed by atoms with E-state index < -0.39 is 22.7 Å². The zero-order valence-corrected chi connectivity index (χ0v) is 17.1. The molecule has 0 aliphatic carbocycles. The molecule has 30 heavy (non-hydrogen) atoms. The fourth-order valence-corrected chi connectivity index (χ4v) is 3.54. The van der Waals surface area contributed by atoms with Gasteiger partial charge >= 0.3 is 6.18 Å². The molecule has 2 rings (SSSR count). The van der Waals surface area contributed by atoms with E-state index in [1.54, 1.807) is 18.2 Å². The van der Waals surface area contributed by atoms with Gasteiger partial charge in [0.15, 0.2) is 0 Å². The van der Waals surface area contributed by atoms with E-state index in [0.717, 1.165) is 17.7 Å². The summed E-state index contributed by atoms with van der Waals surface area (Å²) in [6.07, 6.45) is -4.16. The molecule has 1 amide bonds. The molecule has 11 heteroatoms. The van der Waals surface area contributed by atoms with Crippen molar-refractivity contribution in [1.29, 1.82) is 0 Å². The average Bonchev–Trinajstić information content (AvgIpc) is 2.70. The summed E-state index contributed by atoms with van der Waals surface area (Å²) in [7, 11) is -1.26. The molecule has 0 aliphatic heterocycles. The topological polar surface area (TPSA) is 93.7 Å². The Balaban J connectivity index is 1.97. The number of halogens is 3. The number of carbonyl (C=O) groups is 1. The van der Waals surface area contributed by atoms with Gasteiger partial charge in [-0.2, -0.15) is 13.2 Å². The zero-order chi connectivity index (χ0) is 22.4. The Morgan fingerprint density at radius 3 is 2.27 bits per heavy atom. The minimum atomic E-state index is -4.66. The molecule has 2 aromatic carbocycles. The zero-order valence-electron chi connectivity index (χ0n) is 16.2. The van der Waals surface area contributed by atoms with Gasteiger partial charge in [0.1, 0.15) is 18.0 Å². The fourth-order valence-electron chi connectivity index (χ4n) is 2.53. The summed E-state index contributed by atoms with van der Waals surface area (Å²) >= 11 is 0. The monoisotopic (exact) mass is 446 g/mol. The van der Waals surface area contributed by atoms with Crippen LogP contribution in [-0.2, 0) is 21.2 Å². The van der Waals surface area contributed by atoms with Crippen LogP contribution in [0.3, 0.4) is 0 Å². The van der Waals surface area contributed by atoms with Crippen molar-refractivity contribution in [2.24, 2.45) is 0 Å². The molecule has 0 saturated carbocycles. The number of sulfonamides is 1. The maximum atomic E-state index is 12.2. The summed E-state index contributed by atoms with van der Waals surface area (Å²) < 4.78 is 72.2. The number of alkyl halides is 3. The number of aryl methyl sites for hydroxylation is 1. The molecule has 0 aromatic heterocycles. The molecule has 164 valence electrons. The van der Waals surface area contributed by atoms with Crippen molar-refractivity contribution in [1.82, 2.24) is 4.72 Å². The summed E-state index contributed by atoms with van der Waals surface area (Å²) in [6, 6.07) is 10.1. The second-order valence-electron chi connectivity index (χ2n) is 6.19. The lowest BCUT2D eigenvalue weighted by Crippen LogP contribution is -2.33. The smallest absolute Gasteiger partial charge is 0.402 e. The van der Waals surface area contributed by atoms with Crippen molar-refractivity contribution in [3.8, 4) is 11.5 Å². The summed E-state index contributed by atoms with van der Waals surface area (Å²) in [5.41, 5.74) is 1.09. The molecule has 0 bridgehead atoms. The van der Waals surface area contributed by atoms with E-state index in [9.17, 15) is 26.4 Å². The van der Waals surface area contributed by atoms with Gasteiger partial charge < -0.3 is 14.8 Å². The number of hydrogen-bond donors (Lipinski definition) is 2. The SMILES string of the molecule is COc1ccc(OC)c(CCC(=O)Nc2ccc(S(=O)(=O)NCC(F)(F)F)cc2)c1. The van der Waals surface area contributed by atoms with E-state index >= 15 is 0 Å². The van der Waals surface area contributed by atoms with Gasteiger partial charge in [0.25, 0.3) is 0 Å². The molecule has 0 heterocycles. The minimum absolute atomic E-state index is 0.122. The van der Waals surface area contributed by atoms with Crippen LogP contribution in [0.4, 0.5) is 18.9 Å². The highest BCUT2D eigenvalue weighted by atomic mass is 32.2. The van der Waals surface area contributed by atoms with Crippen LogP contribution < -0.4 is 19.5 Å². The Kier molecular flexibility index (Phi) is 7.68. The van der Waals surface area contributed by atoms with Crippen LogP contribution in [0.15, 0.2) is 47.4 Å². The van der Waals surface area contributed by atoms with Crippen LogP contribution in [0.5, 0.6) is 11.5 Å². The molecule has 0 saturated heterocycles. The third kappa shape index (κ3) is 6.92. The molecular formula is C19H21F3N2O5S. The maximum Gasteiger partial charge on any atom is 0.402 e. The summed E-state index contributed by atoms with van der Waals surface area (Å²) in [5, 5.41) is 2.61. The first-order valence-electron chi connectivity index (χ1n) is 8.71. The van der Waals surface area contributed by atoms with Crippen LogP contribution in [0.1, 0.15) is 12.0 Å². The van der Waals surface area contributed by atoms with E-state index in [1.807, 2.05) is 0 Å². The Bertz CT molecular complexity index is 977. The Labute approximate surface area is 172 Å². The van der Waals surface area contributed by atoms with Crippen molar-refractivity contribution in [3.63, 3.8) is 0 Å². The number of benzene rings is 2.